The molecule has 1 heterocycles. The third-order valence-corrected chi connectivity index (χ3v) is 2.95. The van der Waals surface area contributed by atoms with E-state index < -0.39 is 0 Å². The summed E-state index contributed by atoms with van der Waals surface area (Å²) >= 11 is 5.83. The van der Waals surface area contributed by atoms with Crippen LogP contribution in [0.4, 0.5) is 0 Å². The molecule has 1 aromatic heterocycles. The molecule has 5 heteroatoms. The van der Waals surface area contributed by atoms with Crippen LogP contribution in [0.3, 0.4) is 0 Å². The summed E-state index contributed by atoms with van der Waals surface area (Å²) in [6, 6.07) is 7.35. The zero-order chi connectivity index (χ0) is 12.3. The number of imidazole rings is 1. The van der Waals surface area contributed by atoms with E-state index in [1.807, 2.05) is 35.0 Å². The molecule has 0 spiro atoms. The van der Waals surface area contributed by atoms with E-state index in [9.17, 15) is 4.79 Å². The molecule has 1 unspecified atom stereocenters. The summed E-state index contributed by atoms with van der Waals surface area (Å²) in [7, 11) is 0. The standard InChI is InChI=1S/C13H13ClN2O.ClH/c1-10(17)13(16-7-6-15-9-16)8-11-2-4-12(14)5-3-11;/h2-7,9,13H,8H2,1H3;1H. The fourth-order valence-electron chi connectivity index (χ4n) is 1.76. The van der Waals surface area contributed by atoms with Crippen molar-refractivity contribution in [1.82, 2.24) is 9.55 Å². The first-order valence-corrected chi connectivity index (χ1v) is 5.77. The summed E-state index contributed by atoms with van der Waals surface area (Å²) in [5, 5.41) is 0.704. The van der Waals surface area contributed by atoms with E-state index in [1.54, 1.807) is 19.4 Å². The number of carbonyl (C=O) groups excluding carboxylic acids is 1. The van der Waals surface area contributed by atoms with E-state index in [1.165, 1.54) is 0 Å². The van der Waals surface area contributed by atoms with Gasteiger partial charge in [-0.2, -0.15) is 0 Å². The molecule has 1 atom stereocenters. The highest BCUT2D eigenvalue weighted by Gasteiger charge is 2.16. The Hall–Kier alpha value is -1.32. The van der Waals surface area contributed by atoms with Crippen molar-refractivity contribution in [3.63, 3.8) is 0 Å². The molecule has 0 N–H and O–H groups in total. The highest BCUT2D eigenvalue weighted by Crippen LogP contribution is 2.17. The van der Waals surface area contributed by atoms with Gasteiger partial charge in [-0.25, -0.2) is 4.98 Å². The SMILES string of the molecule is CC(=O)C(Cc1ccc(Cl)cc1)n1ccnc1.Cl. The largest absolute Gasteiger partial charge is 0.327 e. The highest BCUT2D eigenvalue weighted by atomic mass is 35.5. The summed E-state index contributed by atoms with van der Waals surface area (Å²) in [4.78, 5) is 15.6. The average molecular weight is 285 g/mol. The van der Waals surface area contributed by atoms with Gasteiger partial charge in [-0.1, -0.05) is 23.7 Å². The van der Waals surface area contributed by atoms with E-state index >= 15 is 0 Å². The number of ketones is 1. The third kappa shape index (κ3) is 3.59. The Balaban J connectivity index is 0.00000162. The van der Waals surface area contributed by atoms with Gasteiger partial charge in [0.05, 0.1) is 12.4 Å². The maximum atomic E-state index is 11.6. The molecule has 96 valence electrons. The predicted molar refractivity (Wildman–Crippen MR) is 74.3 cm³/mol. The van der Waals surface area contributed by atoms with Gasteiger partial charge in [0.25, 0.3) is 0 Å². The molecule has 18 heavy (non-hydrogen) atoms. The summed E-state index contributed by atoms with van der Waals surface area (Å²) in [5.74, 6) is 0.123. The average Bonchev–Trinajstić information content (AvgIpc) is 2.81. The maximum Gasteiger partial charge on any atom is 0.152 e. The van der Waals surface area contributed by atoms with Gasteiger partial charge in [0.2, 0.25) is 0 Å². The summed E-state index contributed by atoms with van der Waals surface area (Å²) in [6.45, 7) is 1.60. The van der Waals surface area contributed by atoms with E-state index in [0.717, 1.165) is 5.56 Å². The Morgan fingerprint density at radius 1 is 1.39 bits per heavy atom. The normalized spacial score (nSPS) is 11.7. The lowest BCUT2D eigenvalue weighted by molar-refractivity contribution is -0.120. The van der Waals surface area contributed by atoms with E-state index in [0.29, 0.717) is 11.4 Å². The molecule has 0 radical (unpaired) electrons. The topological polar surface area (TPSA) is 34.9 Å². The van der Waals surface area contributed by atoms with Crippen LogP contribution in [0.2, 0.25) is 5.02 Å². The van der Waals surface area contributed by atoms with Gasteiger partial charge in [-0.15, -0.1) is 12.4 Å². The highest BCUT2D eigenvalue weighted by molar-refractivity contribution is 6.30. The van der Waals surface area contributed by atoms with Gasteiger partial charge in [-0.3, -0.25) is 4.79 Å². The molecule has 0 saturated carbocycles. The molecular formula is C13H14Cl2N2O. The molecular weight excluding hydrogens is 271 g/mol. The van der Waals surface area contributed by atoms with Crippen LogP contribution in [0.1, 0.15) is 18.5 Å². The second-order valence-corrected chi connectivity index (χ2v) is 4.40. The first-order chi connectivity index (χ1) is 8.16. The zero-order valence-corrected chi connectivity index (χ0v) is 11.5. The maximum absolute atomic E-state index is 11.6. The van der Waals surface area contributed by atoms with E-state index in [2.05, 4.69) is 4.98 Å². The molecule has 0 bridgehead atoms. The van der Waals surface area contributed by atoms with Crippen LogP contribution in [0.5, 0.6) is 0 Å². The van der Waals surface area contributed by atoms with Crippen molar-refractivity contribution in [2.45, 2.75) is 19.4 Å². The molecule has 0 fully saturated rings. The number of hydrogen-bond donors (Lipinski definition) is 0. The molecule has 3 nitrogen and oxygen atoms in total. The fourth-order valence-corrected chi connectivity index (χ4v) is 1.88. The van der Waals surface area contributed by atoms with Gasteiger partial charge < -0.3 is 4.57 Å². The summed E-state index contributed by atoms with van der Waals surface area (Å²) < 4.78 is 1.83. The number of Topliss-reactive ketones (excluding diaryl/α,β-unsaturated/α-hetero) is 1. The van der Waals surface area contributed by atoms with Crippen molar-refractivity contribution in [3.8, 4) is 0 Å². The molecule has 0 amide bonds. The molecule has 0 saturated heterocycles. The van der Waals surface area contributed by atoms with Crippen molar-refractivity contribution < 1.29 is 4.79 Å². The van der Waals surface area contributed by atoms with Crippen molar-refractivity contribution in [3.05, 3.63) is 53.6 Å². The van der Waals surface area contributed by atoms with Gasteiger partial charge in [-0.05, 0) is 24.6 Å². The minimum atomic E-state index is -0.196. The Morgan fingerprint density at radius 3 is 2.56 bits per heavy atom. The van der Waals surface area contributed by atoms with Crippen LogP contribution in [-0.2, 0) is 11.2 Å². The minimum Gasteiger partial charge on any atom is -0.327 e. The van der Waals surface area contributed by atoms with Crippen LogP contribution in [-0.4, -0.2) is 15.3 Å². The minimum absolute atomic E-state index is 0. The summed E-state index contributed by atoms with van der Waals surface area (Å²) in [5.41, 5.74) is 1.09. The number of aromatic nitrogens is 2. The summed E-state index contributed by atoms with van der Waals surface area (Å²) in [6.07, 6.45) is 5.81. The quantitative estimate of drug-likeness (QED) is 0.863. The monoisotopic (exact) mass is 284 g/mol. The number of nitrogens with zero attached hydrogens (tertiary/aromatic N) is 2. The van der Waals surface area contributed by atoms with E-state index in [-0.39, 0.29) is 24.2 Å². The van der Waals surface area contributed by atoms with Crippen molar-refractivity contribution >= 4 is 29.8 Å². The molecule has 0 aliphatic heterocycles. The van der Waals surface area contributed by atoms with Crippen LogP contribution >= 0.6 is 24.0 Å². The number of rotatable bonds is 4. The third-order valence-electron chi connectivity index (χ3n) is 2.70. The lowest BCUT2D eigenvalue weighted by Crippen LogP contribution is -2.18. The molecule has 0 aliphatic carbocycles. The first-order valence-electron chi connectivity index (χ1n) is 5.39. The zero-order valence-electron chi connectivity index (χ0n) is 9.91. The first kappa shape index (κ1) is 14.7. The van der Waals surface area contributed by atoms with Crippen LogP contribution in [0.15, 0.2) is 43.0 Å². The fraction of sp³-hybridized carbons (Fsp3) is 0.231. The number of hydrogen-bond acceptors (Lipinski definition) is 2. The smallest absolute Gasteiger partial charge is 0.152 e. The van der Waals surface area contributed by atoms with Crippen LogP contribution < -0.4 is 0 Å². The van der Waals surface area contributed by atoms with Gasteiger partial charge in [0.15, 0.2) is 5.78 Å². The Morgan fingerprint density at radius 2 is 2.06 bits per heavy atom. The Bertz CT molecular complexity index is 494. The van der Waals surface area contributed by atoms with Gasteiger partial charge in [0.1, 0.15) is 0 Å². The predicted octanol–water partition coefficient (Wildman–Crippen LogP) is 3.33. The lowest BCUT2D eigenvalue weighted by atomic mass is 10.0. The molecule has 0 aliphatic rings. The molecule has 2 rings (SSSR count). The van der Waals surface area contributed by atoms with Crippen LogP contribution in [0.25, 0.3) is 0 Å². The number of carbonyl (C=O) groups is 1. The van der Waals surface area contributed by atoms with E-state index in [4.69, 9.17) is 11.6 Å². The number of benzene rings is 1. The Labute approximate surface area is 117 Å². The van der Waals surface area contributed by atoms with Crippen LogP contribution in [0, 0.1) is 0 Å². The van der Waals surface area contributed by atoms with Crippen molar-refractivity contribution in [1.29, 1.82) is 0 Å². The van der Waals surface area contributed by atoms with Crippen molar-refractivity contribution in [2.75, 3.05) is 0 Å². The van der Waals surface area contributed by atoms with Gasteiger partial charge >= 0.3 is 0 Å². The second-order valence-electron chi connectivity index (χ2n) is 3.97. The molecule has 2 aromatic rings. The lowest BCUT2D eigenvalue weighted by Gasteiger charge is -2.15. The Kier molecular flexibility index (Phi) is 5.38. The second kappa shape index (κ2) is 6.57. The van der Waals surface area contributed by atoms with Crippen molar-refractivity contribution in [2.24, 2.45) is 0 Å². The van der Waals surface area contributed by atoms with Gasteiger partial charge in [0, 0.05) is 23.8 Å². The number of halogens is 2. The molecule has 1 aromatic carbocycles.